The number of carboxylic acid groups (broad SMARTS) is 1. The molecule has 1 fully saturated rings. The molecule has 1 heterocycles. The van der Waals surface area contributed by atoms with Crippen LogP contribution in [-0.4, -0.2) is 39.8 Å². The third kappa shape index (κ3) is 3.40. The molecular formula is C20H19ClN2O5S. The first kappa shape index (κ1) is 19.8. The van der Waals surface area contributed by atoms with Gasteiger partial charge in [0.2, 0.25) is 0 Å². The minimum atomic E-state index is -0.947. The molecular weight excluding hydrogens is 416 g/mol. The van der Waals surface area contributed by atoms with Gasteiger partial charge < -0.3 is 15.2 Å². The van der Waals surface area contributed by atoms with Gasteiger partial charge >= 0.3 is 5.97 Å². The summed E-state index contributed by atoms with van der Waals surface area (Å²) in [4.78, 5) is 23.5. The number of halogens is 1. The Hall–Kier alpha value is -2.45. The highest BCUT2D eigenvalue weighted by Crippen LogP contribution is 2.56. The standard InChI is InChI=1S/C20H19ClN2O5S/c1-28-13-7-4-5-10-16-11(19(20(24)25)22-18(10)13)9-15(17(16)21)29-14-8-3-2-6-12(14)23(26)27/h2-8,11,15-17,19,22H,9H2,1H3,(H,24,25)/t11-,15+,16-,17+,19+/m1/s1. The maximum atomic E-state index is 12.0. The zero-order valence-corrected chi connectivity index (χ0v) is 17.0. The van der Waals surface area contributed by atoms with E-state index in [4.69, 9.17) is 16.3 Å². The van der Waals surface area contributed by atoms with Crippen LogP contribution in [0.2, 0.25) is 0 Å². The average molecular weight is 435 g/mol. The van der Waals surface area contributed by atoms with E-state index in [1.54, 1.807) is 31.4 Å². The number of fused-ring (bicyclic) bond motifs is 3. The summed E-state index contributed by atoms with van der Waals surface area (Å²) in [7, 11) is 1.54. The van der Waals surface area contributed by atoms with Crippen molar-refractivity contribution in [3.63, 3.8) is 0 Å². The van der Waals surface area contributed by atoms with Gasteiger partial charge in [-0.15, -0.1) is 23.4 Å². The number of nitrogens with zero attached hydrogens (tertiary/aromatic N) is 1. The van der Waals surface area contributed by atoms with Crippen LogP contribution in [0, 0.1) is 16.0 Å². The molecule has 29 heavy (non-hydrogen) atoms. The van der Waals surface area contributed by atoms with E-state index in [0.29, 0.717) is 22.8 Å². The van der Waals surface area contributed by atoms with Gasteiger partial charge in [0.1, 0.15) is 11.8 Å². The fourth-order valence-electron chi connectivity index (χ4n) is 4.40. The largest absolute Gasteiger partial charge is 0.495 e. The van der Waals surface area contributed by atoms with E-state index >= 15 is 0 Å². The molecule has 5 atom stereocenters. The Kier molecular flexibility index (Phi) is 5.31. The number of nitrogens with one attached hydrogen (secondary N) is 1. The van der Waals surface area contributed by atoms with Crippen LogP contribution in [0.5, 0.6) is 5.75 Å². The van der Waals surface area contributed by atoms with E-state index in [0.717, 1.165) is 5.56 Å². The lowest BCUT2D eigenvalue weighted by Crippen LogP contribution is -2.42. The Morgan fingerprint density at radius 3 is 2.76 bits per heavy atom. The van der Waals surface area contributed by atoms with Crippen LogP contribution < -0.4 is 10.1 Å². The van der Waals surface area contributed by atoms with Crippen molar-refractivity contribution in [1.29, 1.82) is 0 Å². The second-order valence-electron chi connectivity index (χ2n) is 7.14. The molecule has 1 aliphatic heterocycles. The van der Waals surface area contributed by atoms with Crippen molar-refractivity contribution in [2.45, 2.75) is 33.9 Å². The molecule has 2 aromatic rings. The zero-order valence-electron chi connectivity index (χ0n) is 15.4. The molecule has 0 bridgehead atoms. The molecule has 9 heteroatoms. The number of hydrogen-bond donors (Lipinski definition) is 2. The summed E-state index contributed by atoms with van der Waals surface area (Å²) in [5.41, 5.74) is 1.62. The number of hydrogen-bond acceptors (Lipinski definition) is 6. The molecule has 4 rings (SSSR count). The number of para-hydroxylation sites is 2. The van der Waals surface area contributed by atoms with E-state index in [2.05, 4.69) is 5.32 Å². The van der Waals surface area contributed by atoms with E-state index in [1.165, 1.54) is 17.8 Å². The van der Waals surface area contributed by atoms with Crippen molar-refractivity contribution in [3.8, 4) is 5.75 Å². The molecule has 1 aliphatic carbocycles. The van der Waals surface area contributed by atoms with Gasteiger partial charge in [-0.3, -0.25) is 10.1 Å². The number of methoxy groups -OCH3 is 1. The topological polar surface area (TPSA) is 102 Å². The molecule has 152 valence electrons. The van der Waals surface area contributed by atoms with Gasteiger partial charge in [0.15, 0.2) is 0 Å². The number of thioether (sulfide) groups is 1. The number of nitro groups is 1. The van der Waals surface area contributed by atoms with Crippen molar-refractivity contribution in [1.82, 2.24) is 0 Å². The third-order valence-corrected chi connectivity index (χ3v) is 7.75. The van der Waals surface area contributed by atoms with Crippen molar-refractivity contribution in [3.05, 3.63) is 58.1 Å². The van der Waals surface area contributed by atoms with E-state index in [-0.39, 0.29) is 28.2 Å². The van der Waals surface area contributed by atoms with Crippen LogP contribution >= 0.6 is 23.4 Å². The maximum Gasteiger partial charge on any atom is 0.326 e. The first-order valence-electron chi connectivity index (χ1n) is 9.12. The van der Waals surface area contributed by atoms with Crippen LogP contribution in [0.25, 0.3) is 0 Å². The molecule has 0 radical (unpaired) electrons. The number of nitro benzene ring substituents is 1. The van der Waals surface area contributed by atoms with Crippen LogP contribution in [-0.2, 0) is 4.79 Å². The van der Waals surface area contributed by atoms with Crippen LogP contribution in [0.1, 0.15) is 17.9 Å². The fourth-order valence-corrected chi connectivity index (χ4v) is 6.34. The molecule has 0 aromatic heterocycles. The summed E-state index contributed by atoms with van der Waals surface area (Å²) in [6.45, 7) is 0. The van der Waals surface area contributed by atoms with E-state index in [1.807, 2.05) is 12.1 Å². The number of carboxylic acids is 1. The van der Waals surface area contributed by atoms with Gasteiger partial charge in [0.05, 0.1) is 28.0 Å². The summed E-state index contributed by atoms with van der Waals surface area (Å²) in [5.74, 6) is -0.790. The highest BCUT2D eigenvalue weighted by atomic mass is 35.5. The quantitative estimate of drug-likeness (QED) is 0.409. The first-order valence-corrected chi connectivity index (χ1v) is 10.4. The monoisotopic (exact) mass is 434 g/mol. The molecule has 0 saturated heterocycles. The van der Waals surface area contributed by atoms with Gasteiger partial charge in [-0.05, 0) is 30.0 Å². The second-order valence-corrected chi connectivity index (χ2v) is 8.92. The predicted octanol–water partition coefficient (Wildman–Crippen LogP) is 4.35. The Labute approximate surface area is 176 Å². The molecule has 0 amide bonds. The smallest absolute Gasteiger partial charge is 0.326 e. The lowest BCUT2D eigenvalue weighted by Gasteiger charge is -2.36. The van der Waals surface area contributed by atoms with E-state index in [9.17, 15) is 20.0 Å². The molecule has 0 unspecified atom stereocenters. The number of alkyl halides is 1. The van der Waals surface area contributed by atoms with Crippen molar-refractivity contribution < 1.29 is 19.6 Å². The third-order valence-electron chi connectivity index (χ3n) is 5.64. The number of ether oxygens (including phenoxy) is 1. The van der Waals surface area contributed by atoms with Gasteiger partial charge in [-0.2, -0.15) is 0 Å². The summed E-state index contributed by atoms with van der Waals surface area (Å²) >= 11 is 8.23. The lowest BCUT2D eigenvalue weighted by atomic mass is 9.79. The van der Waals surface area contributed by atoms with Crippen molar-refractivity contribution in [2.24, 2.45) is 5.92 Å². The average Bonchev–Trinajstić information content (AvgIpc) is 3.03. The molecule has 0 spiro atoms. The number of aliphatic carboxylic acids is 1. The van der Waals surface area contributed by atoms with E-state index < -0.39 is 16.9 Å². The normalized spacial score (nSPS) is 27.4. The summed E-state index contributed by atoms with van der Waals surface area (Å²) in [6, 6.07) is 11.3. The van der Waals surface area contributed by atoms with Crippen LogP contribution in [0.15, 0.2) is 47.4 Å². The van der Waals surface area contributed by atoms with Gasteiger partial charge in [-0.1, -0.05) is 24.3 Å². The highest BCUT2D eigenvalue weighted by Gasteiger charge is 2.52. The Morgan fingerprint density at radius 1 is 1.31 bits per heavy atom. The molecule has 1 saturated carbocycles. The van der Waals surface area contributed by atoms with Crippen LogP contribution in [0.4, 0.5) is 11.4 Å². The zero-order chi connectivity index (χ0) is 20.7. The fraction of sp³-hybridized carbons (Fsp3) is 0.350. The minimum Gasteiger partial charge on any atom is -0.495 e. The molecule has 2 aromatic carbocycles. The van der Waals surface area contributed by atoms with Crippen molar-refractivity contribution >= 4 is 40.7 Å². The molecule has 2 aliphatic rings. The summed E-state index contributed by atoms with van der Waals surface area (Å²) in [6.07, 6.45) is 0.538. The number of carbonyl (C=O) groups is 1. The Morgan fingerprint density at radius 2 is 2.07 bits per heavy atom. The number of anilines is 1. The Bertz CT molecular complexity index is 972. The molecule has 2 N–H and O–H groups in total. The Balaban J connectivity index is 1.71. The summed E-state index contributed by atoms with van der Waals surface area (Å²) < 4.78 is 5.41. The number of rotatable bonds is 5. The van der Waals surface area contributed by atoms with Crippen LogP contribution in [0.3, 0.4) is 0 Å². The maximum absolute atomic E-state index is 12.0. The second kappa shape index (κ2) is 7.76. The first-order chi connectivity index (χ1) is 13.9. The lowest BCUT2D eigenvalue weighted by molar-refractivity contribution is -0.387. The van der Waals surface area contributed by atoms with Gasteiger partial charge in [0, 0.05) is 17.2 Å². The van der Waals surface area contributed by atoms with Gasteiger partial charge in [0.25, 0.3) is 5.69 Å². The predicted molar refractivity (Wildman–Crippen MR) is 111 cm³/mol. The minimum absolute atomic E-state index is 0.0335. The number of benzene rings is 2. The highest BCUT2D eigenvalue weighted by molar-refractivity contribution is 8.00. The SMILES string of the molecule is COc1cccc2c1N[C@H](C(=O)O)[C@@H]1C[C@H](Sc3ccccc3[N+](=O)[O-])[C@H](Cl)[C@H]21. The molecule has 7 nitrogen and oxygen atoms in total. The summed E-state index contributed by atoms with van der Waals surface area (Å²) in [5, 5.41) is 23.8. The van der Waals surface area contributed by atoms with Gasteiger partial charge in [-0.25, -0.2) is 4.79 Å². The van der Waals surface area contributed by atoms with Crippen molar-refractivity contribution in [2.75, 3.05) is 12.4 Å².